The first-order valence-electron chi connectivity index (χ1n) is 24.0. The predicted molar refractivity (Wildman–Crippen MR) is 255 cm³/mol. The molecule has 9 rings (SSSR count). The Morgan fingerprint density at radius 2 is 1.26 bits per heavy atom. The van der Waals surface area contributed by atoms with Gasteiger partial charge in [0.05, 0.1) is 22.3 Å². The van der Waals surface area contributed by atoms with Gasteiger partial charge in [0.25, 0.3) is 0 Å². The highest BCUT2D eigenvalue weighted by Gasteiger charge is 2.26. The number of hydrogen-bond acceptors (Lipinski definition) is 3. The zero-order valence-electron chi connectivity index (χ0n) is 41.1. The second-order valence-electron chi connectivity index (χ2n) is 18.6. The third-order valence-electron chi connectivity index (χ3n) is 12.3. The molecule has 306 valence electrons. The van der Waals surface area contributed by atoms with E-state index in [2.05, 4.69) is 119 Å². The molecule has 0 atom stereocenters. The fourth-order valence-corrected chi connectivity index (χ4v) is 8.70. The molecule has 0 unspecified atom stereocenters. The minimum atomic E-state index is -2.17. The molecule has 8 aromatic rings. The molecular weight excluding hydrogens is 743 g/mol. The molecule has 6 aromatic carbocycles. The van der Waals surface area contributed by atoms with Crippen molar-refractivity contribution in [3.05, 3.63) is 180 Å². The third-order valence-corrected chi connectivity index (χ3v) is 12.3. The quantitative estimate of drug-likeness (QED) is 0.175. The van der Waals surface area contributed by atoms with Crippen molar-refractivity contribution in [2.45, 2.75) is 96.7 Å². The lowest BCUT2D eigenvalue weighted by Crippen LogP contribution is -2.12. The highest BCUT2D eigenvalue weighted by atomic mass is 16.3. The smallest absolute Gasteiger partial charge is 0.149 e. The summed E-state index contributed by atoms with van der Waals surface area (Å²) in [5.41, 5.74) is 12.7. The van der Waals surface area contributed by atoms with Crippen LogP contribution in [0.3, 0.4) is 0 Å². The Morgan fingerprint density at radius 1 is 0.590 bits per heavy atom. The molecule has 1 saturated carbocycles. The molecule has 1 fully saturated rings. The highest BCUT2D eigenvalue weighted by Crippen LogP contribution is 2.43. The van der Waals surface area contributed by atoms with Gasteiger partial charge in [0, 0.05) is 29.9 Å². The van der Waals surface area contributed by atoms with Crippen LogP contribution in [0.25, 0.3) is 61.6 Å². The van der Waals surface area contributed by atoms with E-state index in [1.165, 1.54) is 0 Å². The van der Waals surface area contributed by atoms with E-state index in [0.29, 0.717) is 42.6 Å². The minimum Gasteiger partial charge on any atom is -0.507 e. The summed E-state index contributed by atoms with van der Waals surface area (Å²) in [7, 11) is 0. The van der Waals surface area contributed by atoms with Crippen LogP contribution in [0.2, 0.25) is 0 Å². The molecular formula is C57H57N3O. The maximum atomic E-state index is 11.6. The minimum absolute atomic E-state index is 0.137. The fraction of sp³-hybridized carbons (Fsp3) is 0.263. The van der Waals surface area contributed by atoms with Gasteiger partial charge in [0.2, 0.25) is 0 Å². The van der Waals surface area contributed by atoms with Gasteiger partial charge in [-0.05, 0) is 149 Å². The first-order valence-corrected chi connectivity index (χ1v) is 21.5. The average Bonchev–Trinajstić information content (AvgIpc) is 3.69. The van der Waals surface area contributed by atoms with Gasteiger partial charge < -0.3 is 5.11 Å². The molecule has 61 heavy (non-hydrogen) atoms. The van der Waals surface area contributed by atoms with Gasteiger partial charge in [-0.15, -0.1) is 0 Å². The van der Waals surface area contributed by atoms with Crippen LogP contribution in [-0.4, -0.2) is 19.6 Å². The molecule has 0 aliphatic heterocycles. The Labute approximate surface area is 369 Å². The van der Waals surface area contributed by atoms with Gasteiger partial charge in [0.1, 0.15) is 11.6 Å². The maximum Gasteiger partial charge on any atom is 0.149 e. The van der Waals surface area contributed by atoms with Crippen LogP contribution >= 0.6 is 0 Å². The number of nitrogens with zero attached hydrogens (tertiary/aromatic N) is 3. The number of phenols is 1. The maximum absolute atomic E-state index is 11.6. The lowest BCUT2D eigenvalue weighted by molar-refractivity contribution is 0.396. The van der Waals surface area contributed by atoms with E-state index in [4.69, 9.17) is 14.1 Å². The van der Waals surface area contributed by atoms with Crippen molar-refractivity contribution in [2.75, 3.05) is 0 Å². The van der Waals surface area contributed by atoms with Gasteiger partial charge in [-0.2, -0.15) is 0 Å². The second-order valence-corrected chi connectivity index (χ2v) is 18.6. The topological polar surface area (TPSA) is 50.9 Å². The van der Waals surface area contributed by atoms with Crippen LogP contribution in [0.15, 0.2) is 152 Å². The van der Waals surface area contributed by atoms with Crippen molar-refractivity contribution in [1.29, 1.82) is 0 Å². The van der Waals surface area contributed by atoms with Gasteiger partial charge in [-0.3, -0.25) is 9.55 Å². The molecule has 0 amide bonds. The summed E-state index contributed by atoms with van der Waals surface area (Å²) < 4.78 is 44.5. The zero-order valence-corrected chi connectivity index (χ0v) is 36.1. The number of para-hydroxylation sites is 1. The van der Waals surface area contributed by atoms with E-state index in [9.17, 15) is 7.85 Å². The van der Waals surface area contributed by atoms with E-state index >= 15 is 0 Å². The number of aromatic hydroxyl groups is 1. The molecule has 1 aliphatic rings. The highest BCUT2D eigenvalue weighted by molar-refractivity contribution is 5.97. The van der Waals surface area contributed by atoms with Gasteiger partial charge in [-0.1, -0.05) is 138 Å². The summed E-state index contributed by atoms with van der Waals surface area (Å²) in [5.74, 6) is -0.750. The second kappa shape index (κ2) is 16.0. The lowest BCUT2D eigenvalue weighted by Gasteiger charge is -2.29. The molecule has 1 N–H and O–H groups in total. The van der Waals surface area contributed by atoms with Gasteiger partial charge >= 0.3 is 0 Å². The molecule has 0 radical (unpaired) electrons. The molecule has 0 saturated heterocycles. The van der Waals surface area contributed by atoms with Crippen LogP contribution in [0, 0.1) is 6.85 Å². The SMILES string of the molecule is [2H]C([2H])([2H])c1ccc(-c2ccnc(-c3cc(-c4cccc5c4nc(-c4cc(C(C)(C)C)ccc4O)n5-c4ccc(C5([2H])CCC([2H])(c6ccccc6)CC5)cc4)cc(C(C)(C)C)c3)c2)cc1. The van der Waals surface area contributed by atoms with E-state index < -0.39 is 18.6 Å². The largest absolute Gasteiger partial charge is 0.507 e. The normalized spacial score (nSPS) is 19.7. The monoisotopic (exact) mass is 804 g/mol. The Hall–Kier alpha value is -6.26. The number of imidazole rings is 1. The zero-order chi connectivity index (χ0) is 46.8. The molecule has 4 heteroatoms. The number of phenolic OH excluding ortho intramolecular Hbond substituents is 1. The summed E-state index contributed by atoms with van der Waals surface area (Å²) in [6.07, 6.45) is 4.22. The van der Waals surface area contributed by atoms with Gasteiger partial charge in [0.15, 0.2) is 0 Å². The van der Waals surface area contributed by atoms with Crippen LogP contribution in [-0.2, 0) is 10.8 Å². The molecule has 2 heterocycles. The molecule has 4 nitrogen and oxygen atoms in total. The van der Waals surface area contributed by atoms with Gasteiger partial charge in [-0.25, -0.2) is 4.98 Å². The summed E-state index contributed by atoms with van der Waals surface area (Å²) in [4.78, 5) is 10.3. The average molecular weight is 805 g/mol. The van der Waals surface area contributed by atoms with E-state index in [-0.39, 0.29) is 16.6 Å². The molecule has 2 aromatic heterocycles. The molecule has 0 spiro atoms. The summed E-state index contributed by atoms with van der Waals surface area (Å²) in [5, 5.41) is 11.6. The number of aromatic nitrogens is 3. The summed E-state index contributed by atoms with van der Waals surface area (Å²) in [6, 6.07) is 48.0. The first kappa shape index (κ1) is 34.5. The number of fused-ring (bicyclic) bond motifs is 1. The fourth-order valence-electron chi connectivity index (χ4n) is 8.70. The predicted octanol–water partition coefficient (Wildman–Crippen LogP) is 15.1. The Balaban J connectivity index is 1.16. The van der Waals surface area contributed by atoms with Crippen molar-refractivity contribution < 1.29 is 12.0 Å². The van der Waals surface area contributed by atoms with E-state index in [1.807, 2.05) is 54.6 Å². The number of aryl methyl sites for hydroxylation is 1. The Bertz CT molecular complexity index is 3060. The third kappa shape index (κ3) is 8.16. The number of pyridine rings is 1. The number of hydrogen-bond donors (Lipinski definition) is 1. The van der Waals surface area contributed by atoms with Crippen molar-refractivity contribution in [3.63, 3.8) is 0 Å². The van der Waals surface area contributed by atoms with Crippen LogP contribution in [0.4, 0.5) is 0 Å². The number of rotatable bonds is 7. The summed E-state index contributed by atoms with van der Waals surface area (Å²) >= 11 is 0. The Kier molecular flexibility index (Phi) is 9.02. The van der Waals surface area contributed by atoms with E-state index in [0.717, 1.165) is 72.5 Å². The Morgan fingerprint density at radius 3 is 1.93 bits per heavy atom. The van der Waals surface area contributed by atoms with Crippen molar-refractivity contribution >= 4 is 11.0 Å². The van der Waals surface area contributed by atoms with Crippen LogP contribution in [0.1, 0.15) is 114 Å². The van der Waals surface area contributed by atoms with Crippen molar-refractivity contribution in [2.24, 2.45) is 0 Å². The van der Waals surface area contributed by atoms with Crippen LogP contribution in [0.5, 0.6) is 5.75 Å². The van der Waals surface area contributed by atoms with E-state index in [1.54, 1.807) is 24.4 Å². The number of benzene rings is 6. The first-order chi connectivity index (χ1) is 31.2. The van der Waals surface area contributed by atoms with Crippen LogP contribution < -0.4 is 0 Å². The van der Waals surface area contributed by atoms with Crippen molar-refractivity contribution in [1.82, 2.24) is 14.5 Å². The van der Waals surface area contributed by atoms with Crippen molar-refractivity contribution in [3.8, 4) is 56.3 Å². The standard InChI is InChI=1S/C57H57N3O/c1-37-16-18-42(19-17-37)43-30-31-58-51(35-43)45-32-44(33-47(34-45)57(5,6)7)49-14-11-15-52-54(49)59-55(50-36-46(56(2,3)4)26-29-53(50)61)60(52)48-27-24-41(25-28-48)40-22-20-39(21-23-40)38-12-9-8-10-13-38/h8-19,24-36,39-40,61H,20-23H2,1-7H3/i1D3,39D,40D. The molecule has 0 bridgehead atoms. The lowest BCUT2D eigenvalue weighted by atomic mass is 9.76. The summed E-state index contributed by atoms with van der Waals surface area (Å²) in [6.45, 7) is 10.9. The molecule has 1 aliphatic carbocycles.